The van der Waals surface area contributed by atoms with Gasteiger partial charge in [0.05, 0.1) is 12.4 Å². The topological polar surface area (TPSA) is 66.3 Å². The molecule has 0 bridgehead atoms. The van der Waals surface area contributed by atoms with Crippen molar-refractivity contribution in [2.75, 3.05) is 11.9 Å². The van der Waals surface area contributed by atoms with Gasteiger partial charge in [-0.2, -0.15) is 0 Å². The first-order chi connectivity index (χ1) is 8.58. The summed E-state index contributed by atoms with van der Waals surface area (Å²) in [5, 5.41) is 8.92. The summed E-state index contributed by atoms with van der Waals surface area (Å²) in [6, 6.07) is 0.437. The third kappa shape index (κ3) is 2.78. The van der Waals surface area contributed by atoms with Crippen LogP contribution in [0.5, 0.6) is 0 Å². The van der Waals surface area contributed by atoms with Gasteiger partial charge < -0.3 is 10.0 Å². The SMILES string of the molecule is CC1CCCC(N(C)c2cncc(C(=O)O)n2)C1. The molecule has 1 aromatic heterocycles. The molecular formula is C13H19N3O2. The zero-order valence-corrected chi connectivity index (χ0v) is 10.8. The summed E-state index contributed by atoms with van der Waals surface area (Å²) in [6.45, 7) is 2.26. The van der Waals surface area contributed by atoms with Gasteiger partial charge in [0, 0.05) is 13.1 Å². The largest absolute Gasteiger partial charge is 0.476 e. The highest BCUT2D eigenvalue weighted by atomic mass is 16.4. The zero-order valence-electron chi connectivity index (χ0n) is 10.8. The van der Waals surface area contributed by atoms with Gasteiger partial charge in [-0.3, -0.25) is 4.98 Å². The Bertz CT molecular complexity index is 436. The van der Waals surface area contributed by atoms with Crippen LogP contribution < -0.4 is 4.90 Å². The highest BCUT2D eigenvalue weighted by Crippen LogP contribution is 2.28. The summed E-state index contributed by atoms with van der Waals surface area (Å²) in [7, 11) is 1.97. The Morgan fingerprint density at radius 1 is 1.44 bits per heavy atom. The van der Waals surface area contributed by atoms with Gasteiger partial charge in [-0.25, -0.2) is 9.78 Å². The molecule has 1 aliphatic rings. The Kier molecular flexibility index (Phi) is 3.79. The molecule has 2 atom stereocenters. The number of nitrogens with zero attached hydrogens (tertiary/aromatic N) is 3. The molecule has 2 unspecified atom stereocenters. The molecular weight excluding hydrogens is 230 g/mol. The average molecular weight is 249 g/mol. The van der Waals surface area contributed by atoms with E-state index in [1.165, 1.54) is 19.0 Å². The minimum Gasteiger partial charge on any atom is -0.476 e. The van der Waals surface area contributed by atoms with Crippen molar-refractivity contribution in [1.82, 2.24) is 9.97 Å². The van der Waals surface area contributed by atoms with Gasteiger partial charge in [-0.05, 0) is 18.8 Å². The van der Waals surface area contributed by atoms with Crippen LogP contribution in [-0.4, -0.2) is 34.1 Å². The maximum atomic E-state index is 10.9. The third-order valence-corrected chi connectivity index (χ3v) is 3.66. The smallest absolute Gasteiger partial charge is 0.356 e. The fraction of sp³-hybridized carbons (Fsp3) is 0.615. The van der Waals surface area contributed by atoms with Crippen molar-refractivity contribution in [1.29, 1.82) is 0 Å². The average Bonchev–Trinajstić information content (AvgIpc) is 2.38. The Hall–Kier alpha value is -1.65. The summed E-state index contributed by atoms with van der Waals surface area (Å²) in [5.41, 5.74) is 0.00297. The molecule has 0 radical (unpaired) electrons. The van der Waals surface area contributed by atoms with Crippen LogP contribution in [0.1, 0.15) is 43.1 Å². The van der Waals surface area contributed by atoms with Crippen molar-refractivity contribution < 1.29 is 9.90 Å². The Labute approximate surface area is 107 Å². The fourth-order valence-electron chi connectivity index (χ4n) is 2.57. The van der Waals surface area contributed by atoms with Crippen LogP contribution >= 0.6 is 0 Å². The summed E-state index contributed by atoms with van der Waals surface area (Å²) in [5.74, 6) is 0.338. The van der Waals surface area contributed by atoms with Gasteiger partial charge in [0.25, 0.3) is 0 Å². The quantitative estimate of drug-likeness (QED) is 0.889. The van der Waals surface area contributed by atoms with Crippen molar-refractivity contribution >= 4 is 11.8 Å². The molecule has 2 rings (SSSR count). The lowest BCUT2D eigenvalue weighted by Gasteiger charge is -2.34. The zero-order chi connectivity index (χ0) is 13.1. The lowest BCUT2D eigenvalue weighted by Crippen LogP contribution is -2.36. The number of hydrogen-bond donors (Lipinski definition) is 1. The molecule has 5 heteroatoms. The summed E-state index contributed by atoms with van der Waals surface area (Å²) in [6.07, 6.45) is 7.69. The molecule has 1 aromatic rings. The second kappa shape index (κ2) is 5.33. The van der Waals surface area contributed by atoms with Crippen LogP contribution in [0.15, 0.2) is 12.4 Å². The number of carbonyl (C=O) groups is 1. The molecule has 1 fully saturated rings. The number of carboxylic acids is 1. The normalized spacial score (nSPS) is 23.7. The molecule has 1 saturated carbocycles. The van der Waals surface area contributed by atoms with Crippen LogP contribution in [-0.2, 0) is 0 Å². The third-order valence-electron chi connectivity index (χ3n) is 3.66. The number of rotatable bonds is 3. The Balaban J connectivity index is 2.14. The summed E-state index contributed by atoms with van der Waals surface area (Å²) in [4.78, 5) is 21.0. The minimum absolute atomic E-state index is 0.00297. The van der Waals surface area contributed by atoms with Gasteiger partial charge in [0.1, 0.15) is 5.82 Å². The highest BCUT2D eigenvalue weighted by Gasteiger charge is 2.23. The monoisotopic (exact) mass is 249 g/mol. The van der Waals surface area contributed by atoms with E-state index in [4.69, 9.17) is 5.11 Å². The van der Waals surface area contributed by atoms with Gasteiger partial charge in [0.15, 0.2) is 5.69 Å². The molecule has 1 heterocycles. The van der Waals surface area contributed by atoms with Crippen molar-refractivity contribution in [2.45, 2.75) is 38.6 Å². The molecule has 0 amide bonds. The van der Waals surface area contributed by atoms with Gasteiger partial charge >= 0.3 is 5.97 Å². The van der Waals surface area contributed by atoms with Gasteiger partial charge in [-0.1, -0.05) is 19.8 Å². The van der Waals surface area contributed by atoms with Gasteiger partial charge in [-0.15, -0.1) is 0 Å². The Morgan fingerprint density at radius 3 is 2.89 bits per heavy atom. The van der Waals surface area contributed by atoms with E-state index in [1.807, 2.05) is 7.05 Å². The molecule has 0 aromatic carbocycles. The minimum atomic E-state index is -1.03. The first-order valence-corrected chi connectivity index (χ1v) is 6.36. The van der Waals surface area contributed by atoms with Crippen molar-refractivity contribution in [3.8, 4) is 0 Å². The fourth-order valence-corrected chi connectivity index (χ4v) is 2.57. The van der Waals surface area contributed by atoms with E-state index in [0.29, 0.717) is 11.9 Å². The van der Waals surface area contributed by atoms with Crippen LogP contribution in [0.2, 0.25) is 0 Å². The molecule has 98 valence electrons. The molecule has 5 nitrogen and oxygen atoms in total. The number of aromatic nitrogens is 2. The van der Waals surface area contributed by atoms with Crippen LogP contribution in [0.3, 0.4) is 0 Å². The van der Waals surface area contributed by atoms with E-state index < -0.39 is 5.97 Å². The lowest BCUT2D eigenvalue weighted by atomic mass is 9.86. The highest BCUT2D eigenvalue weighted by molar-refractivity contribution is 5.85. The second-order valence-corrected chi connectivity index (χ2v) is 5.10. The van der Waals surface area contributed by atoms with Crippen LogP contribution in [0.4, 0.5) is 5.82 Å². The molecule has 18 heavy (non-hydrogen) atoms. The van der Waals surface area contributed by atoms with Crippen LogP contribution in [0, 0.1) is 5.92 Å². The first-order valence-electron chi connectivity index (χ1n) is 6.36. The summed E-state index contributed by atoms with van der Waals surface area (Å²) < 4.78 is 0. The second-order valence-electron chi connectivity index (χ2n) is 5.10. The van der Waals surface area contributed by atoms with E-state index in [9.17, 15) is 4.79 Å². The maximum absolute atomic E-state index is 10.9. The molecule has 0 spiro atoms. The Morgan fingerprint density at radius 2 is 2.22 bits per heavy atom. The van der Waals surface area contributed by atoms with E-state index in [1.54, 1.807) is 6.20 Å². The van der Waals surface area contributed by atoms with Crippen molar-refractivity contribution in [3.05, 3.63) is 18.1 Å². The summed E-state index contributed by atoms with van der Waals surface area (Å²) >= 11 is 0. The first kappa shape index (κ1) is 12.8. The van der Waals surface area contributed by atoms with Crippen molar-refractivity contribution in [2.24, 2.45) is 5.92 Å². The van der Waals surface area contributed by atoms with Crippen LogP contribution in [0.25, 0.3) is 0 Å². The molecule has 0 aliphatic heterocycles. The van der Waals surface area contributed by atoms with Gasteiger partial charge in [0.2, 0.25) is 0 Å². The van der Waals surface area contributed by atoms with E-state index >= 15 is 0 Å². The predicted molar refractivity (Wildman–Crippen MR) is 68.8 cm³/mol. The molecule has 1 N–H and O–H groups in total. The number of hydrogen-bond acceptors (Lipinski definition) is 4. The standard InChI is InChI=1S/C13H19N3O2/c1-9-4-3-5-10(6-9)16(2)12-8-14-7-11(15-12)13(17)18/h7-10H,3-6H2,1-2H3,(H,17,18). The van der Waals surface area contributed by atoms with Crippen molar-refractivity contribution in [3.63, 3.8) is 0 Å². The van der Waals surface area contributed by atoms with E-state index in [2.05, 4.69) is 21.8 Å². The van der Waals surface area contributed by atoms with E-state index in [-0.39, 0.29) is 5.69 Å². The van der Waals surface area contributed by atoms with E-state index in [0.717, 1.165) is 18.8 Å². The predicted octanol–water partition coefficient (Wildman–Crippen LogP) is 2.19. The molecule has 0 saturated heterocycles. The number of aromatic carboxylic acids is 1. The number of carboxylic acid groups (broad SMARTS) is 1. The molecule has 1 aliphatic carbocycles. The lowest BCUT2D eigenvalue weighted by molar-refractivity contribution is 0.0690. The maximum Gasteiger partial charge on any atom is 0.356 e. The number of anilines is 1.